The fourth-order valence-electron chi connectivity index (χ4n) is 4.63. The topological polar surface area (TPSA) is 42.4 Å². The van der Waals surface area contributed by atoms with Crippen LogP contribution < -0.4 is 9.64 Å². The average Bonchev–Trinajstić information content (AvgIpc) is 3.36. The summed E-state index contributed by atoms with van der Waals surface area (Å²) in [6.07, 6.45) is 0.281. The first kappa shape index (κ1) is 21.6. The fourth-order valence-corrected chi connectivity index (χ4v) is 5.46. The van der Waals surface area contributed by atoms with E-state index in [9.17, 15) is 4.79 Å². The number of benzene rings is 4. The normalized spacial score (nSPS) is 15.2. The molecule has 0 saturated heterocycles. The van der Waals surface area contributed by atoms with Gasteiger partial charge in [-0.3, -0.25) is 4.79 Å². The van der Waals surface area contributed by atoms with Gasteiger partial charge in [-0.15, -0.1) is 11.3 Å². The molecule has 4 nitrogen and oxygen atoms in total. The summed E-state index contributed by atoms with van der Waals surface area (Å²) >= 11 is 1.66. The molecule has 0 aliphatic carbocycles. The highest BCUT2D eigenvalue weighted by atomic mass is 32.1. The smallest absolute Gasteiger partial charge is 0.268 e. The Morgan fingerprint density at radius 2 is 1.74 bits per heavy atom. The van der Waals surface area contributed by atoms with Gasteiger partial charge in [0, 0.05) is 17.4 Å². The predicted octanol–water partition coefficient (Wildman–Crippen LogP) is 6.87. The molecule has 1 amide bonds. The van der Waals surface area contributed by atoms with Crippen molar-refractivity contribution in [1.29, 1.82) is 0 Å². The summed E-state index contributed by atoms with van der Waals surface area (Å²) in [5.41, 5.74) is 5.04. The number of thiazole rings is 1. The molecule has 1 aliphatic heterocycles. The van der Waals surface area contributed by atoms with Crippen LogP contribution in [0.15, 0.2) is 96.4 Å². The molecule has 1 aliphatic rings. The lowest BCUT2D eigenvalue weighted by Crippen LogP contribution is -2.44. The molecule has 0 N–H and O–H groups in total. The largest absolute Gasteiger partial charge is 0.479 e. The zero-order valence-electron chi connectivity index (χ0n) is 19.3. The standard InChI is InChI=1S/C30H24N2O2S/c1-20-30(33)32(18-24-12-7-11-22-10-5-6-13-25(22)24)27-17-23(14-15-28(27)34-20)26-19-35-29(31-26)16-21-8-3-2-4-9-21/h2-15,17,19-20H,16,18H2,1H3. The number of anilines is 1. The van der Waals surface area contributed by atoms with Crippen LogP contribution in [0.1, 0.15) is 23.1 Å². The summed E-state index contributed by atoms with van der Waals surface area (Å²) in [5, 5.41) is 5.48. The molecule has 0 bridgehead atoms. The van der Waals surface area contributed by atoms with E-state index in [1.807, 2.05) is 54.3 Å². The number of amides is 1. The van der Waals surface area contributed by atoms with E-state index in [1.54, 1.807) is 11.3 Å². The van der Waals surface area contributed by atoms with Crippen molar-refractivity contribution >= 4 is 33.7 Å². The first-order chi connectivity index (χ1) is 17.2. The van der Waals surface area contributed by atoms with E-state index < -0.39 is 6.10 Å². The van der Waals surface area contributed by atoms with Crippen LogP contribution >= 0.6 is 11.3 Å². The van der Waals surface area contributed by atoms with E-state index in [0.717, 1.165) is 45.1 Å². The van der Waals surface area contributed by atoms with Gasteiger partial charge >= 0.3 is 0 Å². The second kappa shape index (κ2) is 9.01. The Balaban J connectivity index is 1.35. The summed E-state index contributed by atoms with van der Waals surface area (Å²) in [5.74, 6) is 0.687. The molecular formula is C30H24N2O2S. The van der Waals surface area contributed by atoms with Crippen LogP contribution in [0.2, 0.25) is 0 Å². The maximum atomic E-state index is 13.3. The first-order valence-electron chi connectivity index (χ1n) is 11.7. The van der Waals surface area contributed by atoms with Crippen LogP contribution in [0.3, 0.4) is 0 Å². The third-order valence-electron chi connectivity index (χ3n) is 6.42. The highest BCUT2D eigenvalue weighted by molar-refractivity contribution is 7.10. The molecular weight excluding hydrogens is 452 g/mol. The fraction of sp³-hybridized carbons (Fsp3) is 0.133. The zero-order chi connectivity index (χ0) is 23.8. The van der Waals surface area contributed by atoms with Gasteiger partial charge in [0.15, 0.2) is 6.10 Å². The molecule has 4 aromatic carbocycles. The number of aromatic nitrogens is 1. The molecule has 5 heteroatoms. The van der Waals surface area contributed by atoms with Crippen molar-refractivity contribution < 1.29 is 9.53 Å². The maximum Gasteiger partial charge on any atom is 0.268 e. The number of rotatable bonds is 5. The third kappa shape index (κ3) is 4.19. The molecule has 5 aromatic rings. The Kier molecular flexibility index (Phi) is 5.55. The van der Waals surface area contributed by atoms with Crippen molar-refractivity contribution in [2.45, 2.75) is 26.0 Å². The van der Waals surface area contributed by atoms with Gasteiger partial charge in [-0.2, -0.15) is 0 Å². The maximum absolute atomic E-state index is 13.3. The van der Waals surface area contributed by atoms with Crippen molar-refractivity contribution in [1.82, 2.24) is 4.98 Å². The van der Waals surface area contributed by atoms with Crippen LogP contribution in [-0.2, 0) is 17.8 Å². The second-order valence-corrected chi connectivity index (χ2v) is 9.74. The number of carbonyl (C=O) groups excluding carboxylic acids is 1. The number of hydrogen-bond donors (Lipinski definition) is 0. The summed E-state index contributed by atoms with van der Waals surface area (Å²) in [4.78, 5) is 20.0. The zero-order valence-corrected chi connectivity index (χ0v) is 20.2. The lowest BCUT2D eigenvalue weighted by molar-refractivity contribution is -0.125. The Bertz CT molecular complexity index is 1520. The predicted molar refractivity (Wildman–Crippen MR) is 142 cm³/mol. The number of nitrogens with zero attached hydrogens (tertiary/aromatic N) is 2. The molecule has 0 saturated carbocycles. The molecule has 35 heavy (non-hydrogen) atoms. The van der Waals surface area contributed by atoms with Crippen LogP contribution in [0.4, 0.5) is 5.69 Å². The van der Waals surface area contributed by atoms with E-state index in [0.29, 0.717) is 6.54 Å². The van der Waals surface area contributed by atoms with Gasteiger partial charge in [-0.1, -0.05) is 72.8 Å². The Morgan fingerprint density at radius 3 is 2.63 bits per heavy atom. The Hall–Kier alpha value is -3.96. The van der Waals surface area contributed by atoms with E-state index in [2.05, 4.69) is 53.9 Å². The number of hydrogen-bond acceptors (Lipinski definition) is 4. The number of carbonyl (C=O) groups is 1. The molecule has 0 spiro atoms. The third-order valence-corrected chi connectivity index (χ3v) is 7.27. The van der Waals surface area contributed by atoms with Crippen LogP contribution in [-0.4, -0.2) is 17.0 Å². The minimum atomic E-state index is -0.528. The van der Waals surface area contributed by atoms with Gasteiger partial charge in [-0.25, -0.2) is 4.98 Å². The molecule has 6 rings (SSSR count). The van der Waals surface area contributed by atoms with Gasteiger partial charge in [0.05, 0.1) is 22.9 Å². The average molecular weight is 477 g/mol. The van der Waals surface area contributed by atoms with Crippen molar-refractivity contribution in [2.24, 2.45) is 0 Å². The molecule has 2 heterocycles. The molecule has 0 fully saturated rings. The lowest BCUT2D eigenvalue weighted by Gasteiger charge is -2.33. The number of fused-ring (bicyclic) bond motifs is 2. The summed E-state index contributed by atoms with van der Waals surface area (Å²) in [7, 11) is 0. The highest BCUT2D eigenvalue weighted by Crippen LogP contribution is 2.39. The number of ether oxygens (including phenoxy) is 1. The van der Waals surface area contributed by atoms with E-state index in [1.165, 1.54) is 10.9 Å². The summed E-state index contributed by atoms with van der Waals surface area (Å²) < 4.78 is 5.97. The van der Waals surface area contributed by atoms with Crippen LogP contribution in [0.25, 0.3) is 22.0 Å². The quantitative estimate of drug-likeness (QED) is 0.278. The minimum Gasteiger partial charge on any atom is -0.479 e. The highest BCUT2D eigenvalue weighted by Gasteiger charge is 2.32. The van der Waals surface area contributed by atoms with Gasteiger partial charge < -0.3 is 9.64 Å². The Labute approximate surface area is 208 Å². The van der Waals surface area contributed by atoms with Crippen molar-refractivity contribution in [3.05, 3.63) is 113 Å². The van der Waals surface area contributed by atoms with Gasteiger partial charge in [0.25, 0.3) is 5.91 Å². The summed E-state index contributed by atoms with van der Waals surface area (Å²) in [6.45, 7) is 2.30. The molecule has 172 valence electrons. The van der Waals surface area contributed by atoms with Gasteiger partial charge in [-0.05, 0) is 47.0 Å². The molecule has 1 atom stereocenters. The van der Waals surface area contributed by atoms with E-state index >= 15 is 0 Å². The van der Waals surface area contributed by atoms with E-state index in [4.69, 9.17) is 9.72 Å². The van der Waals surface area contributed by atoms with Crippen LogP contribution in [0.5, 0.6) is 5.75 Å². The minimum absolute atomic E-state index is 0.0365. The van der Waals surface area contributed by atoms with Crippen molar-refractivity contribution in [3.8, 4) is 17.0 Å². The van der Waals surface area contributed by atoms with Gasteiger partial charge in [0.2, 0.25) is 0 Å². The molecule has 0 radical (unpaired) electrons. The Morgan fingerprint density at radius 1 is 0.943 bits per heavy atom. The summed E-state index contributed by atoms with van der Waals surface area (Å²) in [6, 6.07) is 30.9. The lowest BCUT2D eigenvalue weighted by atomic mass is 10.0. The SMILES string of the molecule is CC1Oc2ccc(-c3csc(Cc4ccccc4)n3)cc2N(Cc2cccc3ccccc23)C1=O. The molecule has 1 unspecified atom stereocenters. The first-order valence-corrected chi connectivity index (χ1v) is 12.6. The van der Waals surface area contributed by atoms with Crippen LogP contribution in [0, 0.1) is 0 Å². The van der Waals surface area contributed by atoms with Crippen molar-refractivity contribution in [2.75, 3.05) is 4.90 Å². The van der Waals surface area contributed by atoms with Crippen molar-refractivity contribution in [3.63, 3.8) is 0 Å². The van der Waals surface area contributed by atoms with Gasteiger partial charge in [0.1, 0.15) is 5.75 Å². The molecule has 1 aromatic heterocycles. The monoisotopic (exact) mass is 476 g/mol. The van der Waals surface area contributed by atoms with E-state index in [-0.39, 0.29) is 5.91 Å². The second-order valence-electron chi connectivity index (χ2n) is 8.79.